The molecule has 0 saturated heterocycles. The Morgan fingerprint density at radius 2 is 1.85 bits per heavy atom. The molecule has 0 atom stereocenters. The average Bonchev–Trinajstić information content (AvgIpc) is 2.46. The lowest BCUT2D eigenvalue weighted by atomic mass is 10.1. The van der Waals surface area contributed by atoms with Crippen LogP contribution in [0, 0.1) is 5.82 Å². The van der Waals surface area contributed by atoms with Gasteiger partial charge in [0.1, 0.15) is 12.4 Å². The molecule has 0 amide bonds. The van der Waals surface area contributed by atoms with Crippen LogP contribution in [0.5, 0.6) is 11.5 Å². The Balaban J connectivity index is 2.23. The van der Waals surface area contributed by atoms with Crippen LogP contribution in [0.25, 0.3) is 0 Å². The number of Topliss-reactive ketones (excluding diaryl/α,β-unsaturated/α-hetero) is 1. The van der Waals surface area contributed by atoms with E-state index in [1.807, 2.05) is 0 Å². The van der Waals surface area contributed by atoms with E-state index >= 15 is 0 Å². The minimum Gasteiger partial charge on any atom is -0.493 e. The number of rotatable bonds is 5. The van der Waals surface area contributed by atoms with Gasteiger partial charge in [-0.15, -0.1) is 0 Å². The van der Waals surface area contributed by atoms with Crippen molar-refractivity contribution in [3.8, 4) is 11.5 Å². The summed E-state index contributed by atoms with van der Waals surface area (Å²) in [6.45, 7) is 1.71. The highest BCUT2D eigenvalue weighted by atomic mass is 19.1. The molecular weight excluding hydrogens is 259 g/mol. The van der Waals surface area contributed by atoms with E-state index in [9.17, 15) is 9.18 Å². The Bertz CT molecular complexity index is 606. The highest BCUT2D eigenvalue weighted by Gasteiger charge is 2.14. The number of halogens is 1. The number of para-hydroxylation sites is 1. The summed E-state index contributed by atoms with van der Waals surface area (Å²) in [5.41, 5.74) is 1.28. The first-order valence-corrected chi connectivity index (χ1v) is 6.17. The van der Waals surface area contributed by atoms with Gasteiger partial charge < -0.3 is 9.47 Å². The first kappa shape index (κ1) is 14.1. The molecule has 0 fully saturated rings. The zero-order valence-corrected chi connectivity index (χ0v) is 11.4. The van der Waals surface area contributed by atoms with Crippen molar-refractivity contribution in [3.63, 3.8) is 0 Å². The minimum absolute atomic E-state index is 0.0991. The first-order chi connectivity index (χ1) is 9.61. The van der Waals surface area contributed by atoms with E-state index in [0.717, 1.165) is 5.56 Å². The molecule has 0 N–H and O–H groups in total. The van der Waals surface area contributed by atoms with Crippen LogP contribution in [0.15, 0.2) is 42.5 Å². The second kappa shape index (κ2) is 6.19. The van der Waals surface area contributed by atoms with Crippen molar-refractivity contribution in [2.75, 3.05) is 7.11 Å². The summed E-state index contributed by atoms with van der Waals surface area (Å²) in [4.78, 5) is 11.6. The molecule has 2 aromatic rings. The predicted molar refractivity (Wildman–Crippen MR) is 73.7 cm³/mol. The fourth-order valence-electron chi connectivity index (χ4n) is 1.84. The van der Waals surface area contributed by atoms with Gasteiger partial charge in [-0.3, -0.25) is 4.79 Å². The SMILES string of the molecule is COc1cccc(C(C)=O)c1OCc1ccc(F)cc1. The number of hydrogen-bond donors (Lipinski definition) is 0. The summed E-state index contributed by atoms with van der Waals surface area (Å²) >= 11 is 0. The summed E-state index contributed by atoms with van der Waals surface area (Å²) in [5.74, 6) is 0.514. The number of methoxy groups -OCH3 is 1. The molecule has 104 valence electrons. The number of ketones is 1. The second-order valence-electron chi connectivity index (χ2n) is 4.31. The van der Waals surface area contributed by atoms with Gasteiger partial charge in [0.05, 0.1) is 12.7 Å². The maximum absolute atomic E-state index is 12.8. The molecule has 0 aromatic heterocycles. The molecule has 0 heterocycles. The van der Waals surface area contributed by atoms with Gasteiger partial charge in [0.25, 0.3) is 0 Å². The Hall–Kier alpha value is -2.36. The van der Waals surface area contributed by atoms with Crippen molar-refractivity contribution in [2.45, 2.75) is 13.5 Å². The molecule has 0 spiro atoms. The van der Waals surface area contributed by atoms with Gasteiger partial charge in [-0.25, -0.2) is 4.39 Å². The van der Waals surface area contributed by atoms with E-state index in [1.165, 1.54) is 26.2 Å². The van der Waals surface area contributed by atoms with Crippen LogP contribution in [0.1, 0.15) is 22.8 Å². The quantitative estimate of drug-likeness (QED) is 0.781. The number of hydrogen-bond acceptors (Lipinski definition) is 3. The maximum Gasteiger partial charge on any atom is 0.172 e. The molecule has 20 heavy (non-hydrogen) atoms. The molecule has 0 radical (unpaired) electrons. The molecule has 0 saturated carbocycles. The smallest absolute Gasteiger partial charge is 0.172 e. The number of carbonyl (C=O) groups is 1. The van der Waals surface area contributed by atoms with E-state index < -0.39 is 0 Å². The molecule has 3 nitrogen and oxygen atoms in total. The van der Waals surface area contributed by atoms with Crippen molar-refractivity contribution >= 4 is 5.78 Å². The summed E-state index contributed by atoms with van der Waals surface area (Å²) < 4.78 is 23.7. The fraction of sp³-hybridized carbons (Fsp3) is 0.188. The molecule has 0 bridgehead atoms. The largest absolute Gasteiger partial charge is 0.493 e. The molecule has 2 aromatic carbocycles. The summed E-state index contributed by atoms with van der Waals surface area (Å²) in [7, 11) is 1.52. The van der Waals surface area contributed by atoms with Crippen LogP contribution in [0.2, 0.25) is 0 Å². The molecule has 2 rings (SSSR count). The average molecular weight is 274 g/mol. The molecule has 0 aliphatic heterocycles. The lowest BCUT2D eigenvalue weighted by molar-refractivity contribution is 0.101. The highest BCUT2D eigenvalue weighted by Crippen LogP contribution is 2.32. The molecule has 0 aliphatic carbocycles. The van der Waals surface area contributed by atoms with E-state index in [1.54, 1.807) is 30.3 Å². The van der Waals surface area contributed by atoms with E-state index in [0.29, 0.717) is 17.1 Å². The zero-order valence-electron chi connectivity index (χ0n) is 11.4. The van der Waals surface area contributed by atoms with Gasteiger partial charge in [-0.2, -0.15) is 0 Å². The van der Waals surface area contributed by atoms with Crippen LogP contribution in [0.3, 0.4) is 0 Å². The molecular formula is C16H15FO3. The van der Waals surface area contributed by atoms with Crippen molar-refractivity contribution in [2.24, 2.45) is 0 Å². The van der Waals surface area contributed by atoms with Crippen molar-refractivity contribution < 1.29 is 18.7 Å². The third kappa shape index (κ3) is 3.15. The normalized spacial score (nSPS) is 10.2. The zero-order chi connectivity index (χ0) is 14.5. The van der Waals surface area contributed by atoms with Crippen molar-refractivity contribution in [1.29, 1.82) is 0 Å². The third-order valence-corrected chi connectivity index (χ3v) is 2.87. The number of carbonyl (C=O) groups excluding carboxylic acids is 1. The van der Waals surface area contributed by atoms with Crippen molar-refractivity contribution in [1.82, 2.24) is 0 Å². The summed E-state index contributed by atoms with van der Waals surface area (Å²) in [5, 5.41) is 0. The topological polar surface area (TPSA) is 35.5 Å². The Labute approximate surface area is 117 Å². The van der Waals surface area contributed by atoms with E-state index in [4.69, 9.17) is 9.47 Å². The molecule has 4 heteroatoms. The van der Waals surface area contributed by atoms with Crippen LogP contribution in [-0.4, -0.2) is 12.9 Å². The Kier molecular flexibility index (Phi) is 4.35. The maximum atomic E-state index is 12.8. The lowest BCUT2D eigenvalue weighted by Gasteiger charge is -2.13. The minimum atomic E-state index is -0.296. The molecule has 0 unspecified atom stereocenters. The second-order valence-corrected chi connectivity index (χ2v) is 4.31. The summed E-state index contributed by atoms with van der Waals surface area (Å²) in [6.07, 6.45) is 0. The fourth-order valence-corrected chi connectivity index (χ4v) is 1.84. The van der Waals surface area contributed by atoms with E-state index in [2.05, 4.69) is 0 Å². The lowest BCUT2D eigenvalue weighted by Crippen LogP contribution is -2.03. The Morgan fingerprint density at radius 1 is 1.15 bits per heavy atom. The highest BCUT2D eigenvalue weighted by molar-refractivity contribution is 5.97. The third-order valence-electron chi connectivity index (χ3n) is 2.87. The summed E-state index contributed by atoms with van der Waals surface area (Å²) in [6, 6.07) is 11.2. The van der Waals surface area contributed by atoms with Gasteiger partial charge in [0.15, 0.2) is 17.3 Å². The van der Waals surface area contributed by atoms with Crippen LogP contribution in [-0.2, 0) is 6.61 Å². The monoisotopic (exact) mass is 274 g/mol. The Morgan fingerprint density at radius 3 is 2.45 bits per heavy atom. The van der Waals surface area contributed by atoms with Crippen LogP contribution < -0.4 is 9.47 Å². The molecule has 0 aliphatic rings. The number of benzene rings is 2. The van der Waals surface area contributed by atoms with Gasteiger partial charge >= 0.3 is 0 Å². The van der Waals surface area contributed by atoms with Gasteiger partial charge in [0, 0.05) is 0 Å². The van der Waals surface area contributed by atoms with Crippen molar-refractivity contribution in [3.05, 3.63) is 59.4 Å². The number of ether oxygens (including phenoxy) is 2. The van der Waals surface area contributed by atoms with E-state index in [-0.39, 0.29) is 18.2 Å². The van der Waals surface area contributed by atoms with Gasteiger partial charge in [0.2, 0.25) is 0 Å². The van der Waals surface area contributed by atoms with Gasteiger partial charge in [-0.05, 0) is 36.8 Å². The standard InChI is InChI=1S/C16H15FO3/c1-11(18)14-4-3-5-15(19-2)16(14)20-10-12-6-8-13(17)9-7-12/h3-9H,10H2,1-2H3. The van der Waals surface area contributed by atoms with Crippen LogP contribution in [0.4, 0.5) is 4.39 Å². The predicted octanol–water partition coefficient (Wildman–Crippen LogP) is 3.62. The van der Waals surface area contributed by atoms with Gasteiger partial charge in [-0.1, -0.05) is 18.2 Å². The van der Waals surface area contributed by atoms with Crippen LogP contribution >= 0.6 is 0 Å². The first-order valence-electron chi connectivity index (χ1n) is 6.17.